The third-order valence-electron chi connectivity index (χ3n) is 1.72. The molecule has 4 nitrogen and oxygen atoms in total. The SMILES string of the molecule is Cl.Nc1cccc(C[C@H](N)C(=O)O)c1. The number of nitrogens with two attached hydrogens (primary N) is 2. The Bertz CT molecular complexity index is 317. The Kier molecular flexibility index (Phi) is 4.97. The number of hydrogen-bond donors (Lipinski definition) is 3. The van der Waals surface area contributed by atoms with Crippen LogP contribution >= 0.6 is 12.4 Å². The van der Waals surface area contributed by atoms with E-state index in [0.717, 1.165) is 5.56 Å². The summed E-state index contributed by atoms with van der Waals surface area (Å²) in [6.45, 7) is 0. The second-order valence-corrected chi connectivity index (χ2v) is 2.89. The Balaban J connectivity index is 0.00000169. The number of nitrogen functional groups attached to an aromatic ring is 1. The van der Waals surface area contributed by atoms with Crippen molar-refractivity contribution in [1.82, 2.24) is 0 Å². The van der Waals surface area contributed by atoms with E-state index in [1.807, 2.05) is 0 Å². The molecule has 0 radical (unpaired) electrons. The molecule has 1 atom stereocenters. The normalized spacial score (nSPS) is 11.5. The molecule has 0 aliphatic heterocycles. The lowest BCUT2D eigenvalue weighted by Gasteiger charge is -2.06. The van der Waals surface area contributed by atoms with E-state index >= 15 is 0 Å². The molecule has 1 aromatic carbocycles. The van der Waals surface area contributed by atoms with E-state index in [0.29, 0.717) is 12.1 Å². The van der Waals surface area contributed by atoms with Crippen molar-refractivity contribution in [3.05, 3.63) is 29.8 Å². The first-order chi connectivity index (χ1) is 6.09. The maximum absolute atomic E-state index is 10.4. The highest BCUT2D eigenvalue weighted by Crippen LogP contribution is 2.08. The molecule has 0 aromatic heterocycles. The third-order valence-corrected chi connectivity index (χ3v) is 1.72. The zero-order valence-corrected chi connectivity index (χ0v) is 8.33. The molecule has 0 saturated carbocycles. The van der Waals surface area contributed by atoms with Crippen LogP contribution in [-0.4, -0.2) is 17.1 Å². The minimum absolute atomic E-state index is 0. The van der Waals surface area contributed by atoms with Gasteiger partial charge in [-0.25, -0.2) is 0 Å². The summed E-state index contributed by atoms with van der Waals surface area (Å²) in [5.74, 6) is -0.998. The standard InChI is InChI=1S/C9H12N2O2.ClH/c10-7-3-1-2-6(4-7)5-8(11)9(12)13;/h1-4,8H,5,10-11H2,(H,12,13);1H/t8-;/m0./s1. The van der Waals surface area contributed by atoms with Gasteiger partial charge >= 0.3 is 5.97 Å². The lowest BCUT2D eigenvalue weighted by atomic mass is 10.1. The van der Waals surface area contributed by atoms with Gasteiger partial charge in [0.25, 0.3) is 0 Å². The summed E-state index contributed by atoms with van der Waals surface area (Å²) in [5.41, 5.74) is 12.3. The van der Waals surface area contributed by atoms with Crippen LogP contribution in [0.25, 0.3) is 0 Å². The van der Waals surface area contributed by atoms with Crippen LogP contribution in [0.15, 0.2) is 24.3 Å². The van der Waals surface area contributed by atoms with Crippen LogP contribution in [0.3, 0.4) is 0 Å². The molecule has 1 rings (SSSR count). The predicted molar refractivity (Wildman–Crippen MR) is 57.4 cm³/mol. The van der Waals surface area contributed by atoms with Gasteiger partial charge < -0.3 is 16.6 Å². The van der Waals surface area contributed by atoms with Gasteiger partial charge in [0.2, 0.25) is 0 Å². The van der Waals surface area contributed by atoms with E-state index in [1.54, 1.807) is 24.3 Å². The average molecular weight is 217 g/mol. The van der Waals surface area contributed by atoms with Crippen molar-refractivity contribution < 1.29 is 9.90 Å². The highest BCUT2D eigenvalue weighted by molar-refractivity contribution is 5.85. The van der Waals surface area contributed by atoms with E-state index in [9.17, 15) is 4.79 Å². The van der Waals surface area contributed by atoms with Crippen LogP contribution in [0.4, 0.5) is 5.69 Å². The van der Waals surface area contributed by atoms with E-state index in [-0.39, 0.29) is 12.4 Å². The first kappa shape index (κ1) is 12.7. The lowest BCUT2D eigenvalue weighted by Crippen LogP contribution is -2.32. The number of carbonyl (C=O) groups is 1. The molecule has 0 amide bonds. The first-order valence-corrected chi connectivity index (χ1v) is 3.92. The maximum atomic E-state index is 10.4. The minimum Gasteiger partial charge on any atom is -0.480 e. The van der Waals surface area contributed by atoms with E-state index in [4.69, 9.17) is 16.6 Å². The van der Waals surface area contributed by atoms with Crippen molar-refractivity contribution in [2.75, 3.05) is 5.73 Å². The number of benzene rings is 1. The molecule has 0 unspecified atom stereocenters. The summed E-state index contributed by atoms with van der Waals surface area (Å²) < 4.78 is 0. The first-order valence-electron chi connectivity index (χ1n) is 3.92. The molecule has 5 N–H and O–H groups in total. The topological polar surface area (TPSA) is 89.3 Å². The number of halogens is 1. The second kappa shape index (κ2) is 5.47. The van der Waals surface area contributed by atoms with Crippen LogP contribution in [0, 0.1) is 0 Å². The Morgan fingerprint density at radius 2 is 2.14 bits per heavy atom. The zero-order chi connectivity index (χ0) is 9.84. The van der Waals surface area contributed by atoms with Crippen LogP contribution in [0.5, 0.6) is 0 Å². The fourth-order valence-corrected chi connectivity index (χ4v) is 1.06. The maximum Gasteiger partial charge on any atom is 0.320 e. The van der Waals surface area contributed by atoms with Crippen LogP contribution in [-0.2, 0) is 11.2 Å². The van der Waals surface area contributed by atoms with Gasteiger partial charge in [0.1, 0.15) is 6.04 Å². The van der Waals surface area contributed by atoms with Gasteiger partial charge in [0, 0.05) is 5.69 Å². The molecule has 0 heterocycles. The summed E-state index contributed by atoms with van der Waals surface area (Å²) in [6.07, 6.45) is 0.306. The minimum atomic E-state index is -0.998. The number of aliphatic carboxylic acids is 1. The van der Waals surface area contributed by atoms with Crippen LogP contribution in [0.1, 0.15) is 5.56 Å². The van der Waals surface area contributed by atoms with E-state index < -0.39 is 12.0 Å². The van der Waals surface area contributed by atoms with Crippen molar-refractivity contribution in [2.45, 2.75) is 12.5 Å². The Hall–Kier alpha value is -1.26. The van der Waals surface area contributed by atoms with E-state index in [1.165, 1.54) is 0 Å². The molecule has 1 aromatic rings. The number of carboxylic acid groups (broad SMARTS) is 1. The molecule has 0 spiro atoms. The molecule has 0 aliphatic rings. The van der Waals surface area contributed by atoms with Crippen LogP contribution in [0.2, 0.25) is 0 Å². The summed E-state index contributed by atoms with van der Waals surface area (Å²) in [7, 11) is 0. The van der Waals surface area contributed by atoms with E-state index in [2.05, 4.69) is 0 Å². The van der Waals surface area contributed by atoms with Gasteiger partial charge in [0.05, 0.1) is 0 Å². The van der Waals surface area contributed by atoms with Crippen LogP contribution < -0.4 is 11.5 Å². The fraction of sp³-hybridized carbons (Fsp3) is 0.222. The molecular formula is C9H13ClN2O2. The van der Waals surface area contributed by atoms with Gasteiger partial charge in [-0.2, -0.15) is 0 Å². The highest BCUT2D eigenvalue weighted by Gasteiger charge is 2.11. The molecule has 0 bridgehead atoms. The van der Waals surface area contributed by atoms with Crippen molar-refractivity contribution in [2.24, 2.45) is 5.73 Å². The molecule has 0 fully saturated rings. The number of rotatable bonds is 3. The largest absolute Gasteiger partial charge is 0.480 e. The van der Waals surface area contributed by atoms with Gasteiger partial charge in [-0.1, -0.05) is 12.1 Å². The quantitative estimate of drug-likeness (QED) is 0.647. The Morgan fingerprint density at radius 3 is 2.64 bits per heavy atom. The second-order valence-electron chi connectivity index (χ2n) is 2.89. The third kappa shape index (κ3) is 3.64. The zero-order valence-electron chi connectivity index (χ0n) is 7.51. The van der Waals surface area contributed by atoms with Crippen molar-refractivity contribution >= 4 is 24.1 Å². The summed E-state index contributed by atoms with van der Waals surface area (Å²) in [6, 6.07) is 6.19. The average Bonchev–Trinajstić information content (AvgIpc) is 2.04. The monoisotopic (exact) mass is 216 g/mol. The van der Waals surface area contributed by atoms with Gasteiger partial charge in [0.15, 0.2) is 0 Å². The van der Waals surface area contributed by atoms with Crippen molar-refractivity contribution in [3.8, 4) is 0 Å². The van der Waals surface area contributed by atoms with Gasteiger partial charge in [-0.15, -0.1) is 12.4 Å². The Labute approximate surface area is 88.3 Å². The molecule has 14 heavy (non-hydrogen) atoms. The highest BCUT2D eigenvalue weighted by atomic mass is 35.5. The van der Waals surface area contributed by atoms with Crippen molar-refractivity contribution in [3.63, 3.8) is 0 Å². The van der Waals surface area contributed by atoms with Gasteiger partial charge in [-0.3, -0.25) is 4.79 Å². The lowest BCUT2D eigenvalue weighted by molar-refractivity contribution is -0.138. The summed E-state index contributed by atoms with van der Waals surface area (Å²) in [5, 5.41) is 8.56. The molecule has 78 valence electrons. The number of anilines is 1. The summed E-state index contributed by atoms with van der Waals surface area (Å²) >= 11 is 0. The fourth-order valence-electron chi connectivity index (χ4n) is 1.06. The molecule has 0 aliphatic carbocycles. The predicted octanol–water partition coefficient (Wildman–Crippen LogP) is 0.645. The van der Waals surface area contributed by atoms with Crippen molar-refractivity contribution in [1.29, 1.82) is 0 Å². The summed E-state index contributed by atoms with van der Waals surface area (Å²) in [4.78, 5) is 10.4. The number of carboxylic acids is 1. The molecular weight excluding hydrogens is 204 g/mol. The Morgan fingerprint density at radius 1 is 1.50 bits per heavy atom. The van der Waals surface area contributed by atoms with Gasteiger partial charge in [-0.05, 0) is 24.1 Å². The number of hydrogen-bond acceptors (Lipinski definition) is 3. The smallest absolute Gasteiger partial charge is 0.320 e. The molecule has 0 saturated heterocycles. The molecule has 5 heteroatoms.